The second kappa shape index (κ2) is 5.17. The van der Waals surface area contributed by atoms with Crippen LogP contribution < -0.4 is 5.32 Å². The van der Waals surface area contributed by atoms with Crippen molar-refractivity contribution in [2.75, 3.05) is 19.6 Å². The lowest BCUT2D eigenvalue weighted by atomic mass is 9.82. The molecule has 4 rings (SSSR count). The zero-order valence-electron chi connectivity index (χ0n) is 11.9. The molecule has 0 bridgehead atoms. The lowest BCUT2D eigenvalue weighted by molar-refractivity contribution is 0.00243. The molecule has 1 amide bonds. The van der Waals surface area contributed by atoms with Crippen LogP contribution in [-0.2, 0) is 0 Å². The van der Waals surface area contributed by atoms with Crippen LogP contribution in [0.15, 0.2) is 30.6 Å². The number of rotatable bonds is 2. The van der Waals surface area contributed by atoms with Crippen molar-refractivity contribution < 1.29 is 9.18 Å². The average Bonchev–Trinajstić information content (AvgIpc) is 3.02. The first-order valence-corrected chi connectivity index (χ1v) is 7.42. The van der Waals surface area contributed by atoms with Gasteiger partial charge in [-0.3, -0.25) is 4.79 Å². The Morgan fingerprint density at radius 3 is 2.91 bits per heavy atom. The standard InChI is InChI=1S/C15H16FN5O/c16-11-2-1-3-12(21-18-6-7-19-21)14(11)15(22)20-9-10-4-5-17-8-13(10)20/h1-3,6-7,10,13,17H,4-5,8-9H2/t10-,13-/m1/s1. The third-order valence-corrected chi connectivity index (χ3v) is 4.52. The van der Waals surface area contributed by atoms with E-state index in [9.17, 15) is 9.18 Å². The molecule has 0 aliphatic carbocycles. The molecule has 1 N–H and O–H groups in total. The van der Waals surface area contributed by atoms with Crippen molar-refractivity contribution in [3.05, 3.63) is 42.0 Å². The van der Waals surface area contributed by atoms with Crippen LogP contribution in [0.4, 0.5) is 4.39 Å². The Bertz CT molecular complexity index is 702. The van der Waals surface area contributed by atoms with E-state index in [-0.39, 0.29) is 17.5 Å². The molecule has 1 aromatic carbocycles. The second-order valence-corrected chi connectivity index (χ2v) is 5.73. The van der Waals surface area contributed by atoms with Crippen LogP contribution in [0.1, 0.15) is 16.8 Å². The van der Waals surface area contributed by atoms with Gasteiger partial charge >= 0.3 is 0 Å². The van der Waals surface area contributed by atoms with Crippen molar-refractivity contribution in [3.63, 3.8) is 0 Å². The smallest absolute Gasteiger partial charge is 0.259 e. The first kappa shape index (κ1) is 13.4. The van der Waals surface area contributed by atoms with Gasteiger partial charge in [0.2, 0.25) is 0 Å². The maximum Gasteiger partial charge on any atom is 0.259 e. The van der Waals surface area contributed by atoms with Crippen molar-refractivity contribution in [1.29, 1.82) is 0 Å². The lowest BCUT2D eigenvalue weighted by Crippen LogP contribution is -2.65. The molecular weight excluding hydrogens is 285 g/mol. The zero-order valence-corrected chi connectivity index (χ0v) is 11.9. The molecule has 0 spiro atoms. The molecule has 2 aromatic rings. The van der Waals surface area contributed by atoms with Gasteiger partial charge in [-0.15, -0.1) is 0 Å². The van der Waals surface area contributed by atoms with E-state index < -0.39 is 5.82 Å². The monoisotopic (exact) mass is 301 g/mol. The van der Waals surface area contributed by atoms with Crippen LogP contribution in [-0.4, -0.2) is 51.5 Å². The number of aromatic nitrogens is 3. The molecule has 6 nitrogen and oxygen atoms in total. The predicted molar refractivity (Wildman–Crippen MR) is 77.1 cm³/mol. The number of hydrogen-bond acceptors (Lipinski definition) is 4. The Kier molecular flexibility index (Phi) is 3.15. The van der Waals surface area contributed by atoms with Gasteiger partial charge in [-0.25, -0.2) is 4.39 Å². The van der Waals surface area contributed by atoms with E-state index in [2.05, 4.69) is 15.5 Å². The first-order chi connectivity index (χ1) is 10.8. The van der Waals surface area contributed by atoms with Crippen molar-refractivity contribution in [2.45, 2.75) is 12.5 Å². The number of nitrogens with zero attached hydrogens (tertiary/aromatic N) is 4. The number of likely N-dealkylation sites (tertiary alicyclic amines) is 1. The van der Waals surface area contributed by atoms with Crippen LogP contribution in [0.25, 0.3) is 5.69 Å². The largest absolute Gasteiger partial charge is 0.334 e. The number of benzene rings is 1. The van der Waals surface area contributed by atoms with Crippen molar-refractivity contribution in [1.82, 2.24) is 25.2 Å². The summed E-state index contributed by atoms with van der Waals surface area (Å²) in [6.45, 7) is 2.47. The molecule has 3 heterocycles. The van der Waals surface area contributed by atoms with Crippen LogP contribution in [0.3, 0.4) is 0 Å². The zero-order chi connectivity index (χ0) is 15.1. The van der Waals surface area contributed by atoms with Gasteiger partial charge < -0.3 is 10.2 Å². The fraction of sp³-hybridized carbons (Fsp3) is 0.400. The number of nitrogens with one attached hydrogen (secondary N) is 1. The Balaban J connectivity index is 1.69. The molecule has 114 valence electrons. The minimum Gasteiger partial charge on any atom is -0.334 e. The maximum atomic E-state index is 14.3. The second-order valence-electron chi connectivity index (χ2n) is 5.73. The topological polar surface area (TPSA) is 63.1 Å². The van der Waals surface area contributed by atoms with Gasteiger partial charge in [0.1, 0.15) is 17.1 Å². The molecule has 2 atom stereocenters. The maximum absolute atomic E-state index is 14.3. The van der Waals surface area contributed by atoms with Crippen molar-refractivity contribution >= 4 is 5.91 Å². The third kappa shape index (κ3) is 2.00. The third-order valence-electron chi connectivity index (χ3n) is 4.52. The van der Waals surface area contributed by atoms with Crippen LogP contribution in [0, 0.1) is 11.7 Å². The summed E-state index contributed by atoms with van der Waals surface area (Å²) in [7, 11) is 0. The molecule has 1 aromatic heterocycles. The van der Waals surface area contributed by atoms with E-state index >= 15 is 0 Å². The van der Waals surface area contributed by atoms with E-state index in [1.807, 2.05) is 0 Å². The van der Waals surface area contributed by atoms with Gasteiger partial charge in [0.15, 0.2) is 0 Å². The van der Waals surface area contributed by atoms with E-state index in [4.69, 9.17) is 0 Å². The Morgan fingerprint density at radius 1 is 1.32 bits per heavy atom. The van der Waals surface area contributed by atoms with Gasteiger partial charge in [0.25, 0.3) is 5.91 Å². The lowest BCUT2D eigenvalue weighted by Gasteiger charge is -2.51. The summed E-state index contributed by atoms with van der Waals surface area (Å²) < 4.78 is 14.3. The van der Waals surface area contributed by atoms with Gasteiger partial charge in [0.05, 0.1) is 12.4 Å². The number of fused-ring (bicyclic) bond motifs is 1. The SMILES string of the molecule is O=C(c1c(F)cccc1-n1nccn1)N1C[C@H]2CCNC[C@H]21. The Morgan fingerprint density at radius 2 is 2.14 bits per heavy atom. The van der Waals surface area contributed by atoms with Gasteiger partial charge in [-0.05, 0) is 31.0 Å². The molecule has 0 radical (unpaired) electrons. The highest BCUT2D eigenvalue weighted by atomic mass is 19.1. The fourth-order valence-electron chi connectivity index (χ4n) is 3.33. The summed E-state index contributed by atoms with van der Waals surface area (Å²) in [4.78, 5) is 15.8. The van der Waals surface area contributed by atoms with E-state index in [0.717, 1.165) is 19.5 Å². The molecule has 2 fully saturated rings. The Labute approximate surface area is 126 Å². The molecule has 0 saturated carbocycles. The fourth-order valence-corrected chi connectivity index (χ4v) is 3.33. The average molecular weight is 301 g/mol. The minimum atomic E-state index is -0.535. The van der Waals surface area contributed by atoms with Crippen LogP contribution in [0.2, 0.25) is 0 Å². The number of hydrogen-bond donors (Lipinski definition) is 1. The number of carbonyl (C=O) groups excluding carboxylic acids is 1. The molecule has 0 unspecified atom stereocenters. The van der Waals surface area contributed by atoms with Gasteiger partial charge in [-0.2, -0.15) is 15.0 Å². The Hall–Kier alpha value is -2.28. The van der Waals surface area contributed by atoms with Crippen molar-refractivity contribution in [3.8, 4) is 5.69 Å². The molecule has 2 aliphatic rings. The van der Waals surface area contributed by atoms with Crippen LogP contribution in [0.5, 0.6) is 0 Å². The highest BCUT2D eigenvalue weighted by Crippen LogP contribution is 2.32. The van der Waals surface area contributed by atoms with E-state index in [0.29, 0.717) is 18.2 Å². The quantitative estimate of drug-likeness (QED) is 0.893. The first-order valence-electron chi connectivity index (χ1n) is 7.42. The minimum absolute atomic E-state index is 0.0442. The molecular formula is C15H16FN5O. The summed E-state index contributed by atoms with van der Waals surface area (Å²) in [6, 6.07) is 4.69. The highest BCUT2D eigenvalue weighted by Gasteiger charge is 2.44. The van der Waals surface area contributed by atoms with Gasteiger partial charge in [-0.1, -0.05) is 6.07 Å². The predicted octanol–water partition coefficient (Wildman–Crippen LogP) is 0.840. The number of piperidine rings is 1. The molecule has 22 heavy (non-hydrogen) atoms. The normalized spacial score (nSPS) is 23.8. The van der Waals surface area contributed by atoms with Gasteiger partial charge in [0, 0.05) is 19.1 Å². The number of halogens is 1. The summed E-state index contributed by atoms with van der Waals surface area (Å²) >= 11 is 0. The summed E-state index contributed by atoms with van der Waals surface area (Å²) in [5.74, 6) is -0.286. The highest BCUT2D eigenvalue weighted by molar-refractivity contribution is 5.98. The molecule has 2 aliphatic heterocycles. The summed E-state index contributed by atoms with van der Waals surface area (Å²) in [5, 5.41) is 11.3. The number of amides is 1. The summed E-state index contributed by atoms with van der Waals surface area (Å²) in [6.07, 6.45) is 4.08. The number of carbonyl (C=O) groups is 1. The van der Waals surface area contributed by atoms with Crippen molar-refractivity contribution in [2.24, 2.45) is 5.92 Å². The summed E-state index contributed by atoms with van der Waals surface area (Å²) in [5.41, 5.74) is 0.421. The molecule has 2 saturated heterocycles. The van der Waals surface area contributed by atoms with E-state index in [1.165, 1.54) is 23.3 Å². The molecule has 7 heteroatoms. The van der Waals surface area contributed by atoms with Crippen LogP contribution >= 0.6 is 0 Å². The van der Waals surface area contributed by atoms with E-state index in [1.54, 1.807) is 17.0 Å².